The number of carbonyl (C=O) groups excluding carboxylic acids is 1. The zero-order valence-corrected chi connectivity index (χ0v) is 18.5. The van der Waals surface area contributed by atoms with Gasteiger partial charge in [-0.15, -0.1) is 0 Å². The highest BCUT2D eigenvalue weighted by atomic mass is 35.5. The van der Waals surface area contributed by atoms with Crippen LogP contribution in [0.4, 0.5) is 0 Å². The number of halogens is 1. The number of piperazine rings is 1. The van der Waals surface area contributed by atoms with E-state index < -0.39 is 10.0 Å². The molecule has 1 aromatic rings. The van der Waals surface area contributed by atoms with Crippen LogP contribution in [0.15, 0.2) is 23.1 Å². The van der Waals surface area contributed by atoms with Crippen molar-refractivity contribution < 1.29 is 13.2 Å². The Bertz CT molecular complexity index is 760. The van der Waals surface area contributed by atoms with E-state index in [1.165, 1.54) is 22.5 Å². The number of nitrogens with zero attached hydrogens (tertiary/aromatic N) is 3. The zero-order valence-electron chi connectivity index (χ0n) is 16.9. The summed E-state index contributed by atoms with van der Waals surface area (Å²) in [5.41, 5.74) is 0.186. The smallest absolute Gasteiger partial charge is 0.252 e. The van der Waals surface area contributed by atoms with Gasteiger partial charge in [0.05, 0.1) is 15.5 Å². The van der Waals surface area contributed by atoms with Crippen molar-refractivity contribution in [1.29, 1.82) is 0 Å². The SMILES string of the molecule is CCN1CCN(CCNC(=O)c2cc(S(=O)(=O)N(CC)CC)ccc2Cl)CC1. The quantitative estimate of drug-likeness (QED) is 0.646. The van der Waals surface area contributed by atoms with Crippen LogP contribution in [0.5, 0.6) is 0 Å². The minimum atomic E-state index is -3.64. The Morgan fingerprint density at radius 3 is 2.29 bits per heavy atom. The van der Waals surface area contributed by atoms with Gasteiger partial charge in [0.25, 0.3) is 5.91 Å². The lowest BCUT2D eigenvalue weighted by Gasteiger charge is -2.33. The maximum absolute atomic E-state index is 12.7. The van der Waals surface area contributed by atoms with Crippen LogP contribution in [0, 0.1) is 0 Å². The Labute approximate surface area is 173 Å². The number of benzene rings is 1. The van der Waals surface area contributed by atoms with Crippen LogP contribution < -0.4 is 5.32 Å². The van der Waals surface area contributed by atoms with Crippen molar-refractivity contribution in [2.75, 3.05) is 58.9 Å². The molecule has 9 heteroatoms. The second kappa shape index (κ2) is 10.5. The molecule has 0 unspecified atom stereocenters. The Morgan fingerprint density at radius 1 is 1.11 bits per heavy atom. The lowest BCUT2D eigenvalue weighted by atomic mass is 10.2. The van der Waals surface area contributed by atoms with Gasteiger partial charge in [0.2, 0.25) is 10.0 Å². The molecule has 0 atom stereocenters. The first-order valence-corrected chi connectivity index (χ1v) is 11.7. The van der Waals surface area contributed by atoms with Crippen molar-refractivity contribution in [1.82, 2.24) is 19.4 Å². The summed E-state index contributed by atoms with van der Waals surface area (Å²) >= 11 is 6.16. The number of carbonyl (C=O) groups is 1. The summed E-state index contributed by atoms with van der Waals surface area (Å²) in [5.74, 6) is -0.353. The monoisotopic (exact) mass is 430 g/mol. The molecule has 2 rings (SSSR count). The molecule has 7 nitrogen and oxygen atoms in total. The lowest BCUT2D eigenvalue weighted by Crippen LogP contribution is -2.48. The van der Waals surface area contributed by atoms with Crippen LogP contribution >= 0.6 is 11.6 Å². The fraction of sp³-hybridized carbons (Fsp3) is 0.632. The third-order valence-electron chi connectivity index (χ3n) is 5.15. The lowest BCUT2D eigenvalue weighted by molar-refractivity contribution is 0.0938. The van der Waals surface area contributed by atoms with E-state index in [2.05, 4.69) is 22.0 Å². The third-order valence-corrected chi connectivity index (χ3v) is 7.53. The minimum absolute atomic E-state index is 0.0847. The molecular weight excluding hydrogens is 400 g/mol. The van der Waals surface area contributed by atoms with E-state index in [4.69, 9.17) is 11.6 Å². The van der Waals surface area contributed by atoms with Gasteiger partial charge in [0, 0.05) is 52.4 Å². The molecule has 1 aliphatic rings. The number of amides is 1. The molecule has 1 amide bonds. The van der Waals surface area contributed by atoms with Gasteiger partial charge in [-0.1, -0.05) is 32.4 Å². The van der Waals surface area contributed by atoms with Crippen molar-refractivity contribution >= 4 is 27.5 Å². The van der Waals surface area contributed by atoms with Gasteiger partial charge >= 0.3 is 0 Å². The van der Waals surface area contributed by atoms with Gasteiger partial charge in [-0.25, -0.2) is 8.42 Å². The Morgan fingerprint density at radius 2 is 1.71 bits per heavy atom. The molecule has 0 aromatic heterocycles. The molecule has 0 aliphatic carbocycles. The average Bonchev–Trinajstić information content (AvgIpc) is 2.69. The molecule has 1 fully saturated rings. The summed E-state index contributed by atoms with van der Waals surface area (Å²) in [4.78, 5) is 17.4. The number of sulfonamides is 1. The maximum atomic E-state index is 12.7. The number of hydrogen-bond acceptors (Lipinski definition) is 5. The summed E-state index contributed by atoms with van der Waals surface area (Å²) in [6.45, 7) is 12.8. The molecule has 1 aliphatic heterocycles. The standard InChI is InChI=1S/C19H31ClN4O3S/c1-4-22-11-13-23(14-12-22)10-9-21-19(25)17-15-16(7-8-18(17)20)28(26,27)24(5-2)6-3/h7-8,15H,4-6,9-14H2,1-3H3,(H,21,25). The second-order valence-electron chi connectivity index (χ2n) is 6.76. The molecule has 1 aromatic carbocycles. The van der Waals surface area contributed by atoms with E-state index in [0.29, 0.717) is 19.6 Å². The largest absolute Gasteiger partial charge is 0.351 e. The molecule has 0 spiro atoms. The summed E-state index contributed by atoms with van der Waals surface area (Å²) < 4.78 is 26.7. The molecule has 0 radical (unpaired) electrons. The molecule has 1 N–H and O–H groups in total. The molecule has 1 heterocycles. The Kier molecular flexibility index (Phi) is 8.70. The van der Waals surface area contributed by atoms with Crippen LogP contribution in [-0.4, -0.2) is 87.3 Å². The highest BCUT2D eigenvalue weighted by Gasteiger charge is 2.24. The van der Waals surface area contributed by atoms with Crippen LogP contribution in [0.1, 0.15) is 31.1 Å². The number of likely N-dealkylation sites (N-methyl/N-ethyl adjacent to an activating group) is 1. The fourth-order valence-corrected chi connectivity index (χ4v) is 4.99. The van der Waals surface area contributed by atoms with Crippen LogP contribution in [0.2, 0.25) is 5.02 Å². The van der Waals surface area contributed by atoms with E-state index >= 15 is 0 Å². The van der Waals surface area contributed by atoms with Crippen molar-refractivity contribution in [2.24, 2.45) is 0 Å². The summed E-state index contributed by atoms with van der Waals surface area (Å²) in [7, 11) is -3.64. The van der Waals surface area contributed by atoms with Crippen LogP contribution in [0.3, 0.4) is 0 Å². The number of rotatable bonds is 9. The van der Waals surface area contributed by atoms with E-state index in [1.807, 2.05) is 0 Å². The van der Waals surface area contributed by atoms with Crippen LogP contribution in [-0.2, 0) is 10.0 Å². The molecule has 158 valence electrons. The third kappa shape index (κ3) is 5.67. The Balaban J connectivity index is 1.99. The molecular formula is C19H31ClN4O3S. The first-order chi connectivity index (χ1) is 13.3. The fourth-order valence-electron chi connectivity index (χ4n) is 3.30. The predicted octanol–water partition coefficient (Wildman–Crippen LogP) is 1.74. The predicted molar refractivity (Wildman–Crippen MR) is 112 cm³/mol. The maximum Gasteiger partial charge on any atom is 0.252 e. The topological polar surface area (TPSA) is 73.0 Å². The molecule has 0 bridgehead atoms. The first kappa shape index (κ1) is 23.1. The average molecular weight is 431 g/mol. The van der Waals surface area contributed by atoms with Crippen LogP contribution in [0.25, 0.3) is 0 Å². The number of nitrogens with one attached hydrogen (secondary N) is 1. The van der Waals surface area contributed by atoms with Gasteiger partial charge in [0.1, 0.15) is 0 Å². The summed E-state index contributed by atoms with van der Waals surface area (Å²) in [6.07, 6.45) is 0. The van der Waals surface area contributed by atoms with E-state index in [9.17, 15) is 13.2 Å². The van der Waals surface area contributed by atoms with Gasteiger partial charge in [-0.2, -0.15) is 4.31 Å². The highest BCUT2D eigenvalue weighted by molar-refractivity contribution is 7.89. The van der Waals surface area contributed by atoms with Gasteiger partial charge < -0.3 is 10.2 Å². The van der Waals surface area contributed by atoms with E-state index in [0.717, 1.165) is 39.3 Å². The van der Waals surface area contributed by atoms with Gasteiger partial charge in [-0.3, -0.25) is 9.69 Å². The van der Waals surface area contributed by atoms with Gasteiger partial charge in [0.15, 0.2) is 0 Å². The van der Waals surface area contributed by atoms with Crippen molar-refractivity contribution in [3.05, 3.63) is 28.8 Å². The summed E-state index contributed by atoms with van der Waals surface area (Å²) in [5, 5.41) is 3.10. The van der Waals surface area contributed by atoms with Gasteiger partial charge in [-0.05, 0) is 24.7 Å². The van der Waals surface area contributed by atoms with Crippen molar-refractivity contribution in [2.45, 2.75) is 25.7 Å². The first-order valence-electron chi connectivity index (χ1n) is 9.86. The highest BCUT2D eigenvalue weighted by Crippen LogP contribution is 2.23. The van der Waals surface area contributed by atoms with Crippen molar-refractivity contribution in [3.8, 4) is 0 Å². The summed E-state index contributed by atoms with van der Waals surface area (Å²) in [6, 6.07) is 4.28. The Hall–Kier alpha value is -1.19. The van der Waals surface area contributed by atoms with E-state index in [-0.39, 0.29) is 21.4 Å². The molecule has 28 heavy (non-hydrogen) atoms. The zero-order chi connectivity index (χ0) is 20.7. The van der Waals surface area contributed by atoms with E-state index in [1.54, 1.807) is 13.8 Å². The molecule has 0 saturated carbocycles. The normalized spacial score (nSPS) is 16.5. The second-order valence-corrected chi connectivity index (χ2v) is 9.11. The number of hydrogen-bond donors (Lipinski definition) is 1. The van der Waals surface area contributed by atoms with Crippen molar-refractivity contribution in [3.63, 3.8) is 0 Å². The molecule has 1 saturated heterocycles. The minimum Gasteiger partial charge on any atom is -0.351 e.